The van der Waals surface area contributed by atoms with Gasteiger partial charge in [0, 0.05) is 11.1 Å². The van der Waals surface area contributed by atoms with Gasteiger partial charge >= 0.3 is 0 Å². The molecule has 0 spiro atoms. The van der Waals surface area contributed by atoms with E-state index in [0.29, 0.717) is 16.5 Å². The summed E-state index contributed by atoms with van der Waals surface area (Å²) in [7, 11) is 0. The van der Waals surface area contributed by atoms with Crippen molar-refractivity contribution in [2.45, 2.75) is 0 Å². The second kappa shape index (κ2) is 3.66. The molecule has 0 saturated heterocycles. The number of fused-ring (bicyclic) bond motifs is 1. The molecular formula is C12H10N2O2. The number of hydrogen-bond acceptors (Lipinski definition) is 2. The van der Waals surface area contributed by atoms with Crippen LogP contribution in [-0.4, -0.2) is 11.8 Å². The number of carbonyl (C=O) groups is 2. The molecule has 0 bridgehead atoms. The first kappa shape index (κ1) is 10.2. The molecule has 16 heavy (non-hydrogen) atoms. The molecule has 80 valence electrons. The smallest absolute Gasteiger partial charge is 0.249 e. The van der Waals surface area contributed by atoms with E-state index in [4.69, 9.17) is 11.5 Å². The predicted octanol–water partition coefficient (Wildman–Crippen LogP) is 1.04. The van der Waals surface area contributed by atoms with Crippen LogP contribution < -0.4 is 11.5 Å². The molecular weight excluding hydrogens is 204 g/mol. The molecule has 0 heterocycles. The SMILES string of the molecule is NC(=O)c1ccc2cccc(C(N)=O)c2c1. The third-order valence-corrected chi connectivity index (χ3v) is 2.43. The Hall–Kier alpha value is -2.36. The molecule has 2 aromatic carbocycles. The van der Waals surface area contributed by atoms with Gasteiger partial charge in [-0.3, -0.25) is 9.59 Å². The number of nitrogens with two attached hydrogens (primary N) is 2. The zero-order valence-electron chi connectivity index (χ0n) is 8.44. The van der Waals surface area contributed by atoms with E-state index < -0.39 is 11.8 Å². The van der Waals surface area contributed by atoms with Gasteiger partial charge in [0.25, 0.3) is 0 Å². The monoisotopic (exact) mass is 214 g/mol. The maximum atomic E-state index is 11.2. The molecule has 0 atom stereocenters. The summed E-state index contributed by atoms with van der Waals surface area (Å²) in [5, 5.41) is 1.49. The zero-order valence-corrected chi connectivity index (χ0v) is 8.44. The highest BCUT2D eigenvalue weighted by Gasteiger charge is 2.08. The van der Waals surface area contributed by atoms with Crippen molar-refractivity contribution in [3.8, 4) is 0 Å². The average Bonchev–Trinajstić information content (AvgIpc) is 2.27. The van der Waals surface area contributed by atoms with Gasteiger partial charge in [0.1, 0.15) is 0 Å². The van der Waals surface area contributed by atoms with Gasteiger partial charge in [-0.1, -0.05) is 18.2 Å². The topological polar surface area (TPSA) is 86.2 Å². The fourth-order valence-electron chi connectivity index (χ4n) is 1.64. The van der Waals surface area contributed by atoms with Crippen LogP contribution in [0.4, 0.5) is 0 Å². The number of benzene rings is 2. The fourth-order valence-corrected chi connectivity index (χ4v) is 1.64. The van der Waals surface area contributed by atoms with Gasteiger partial charge in [-0.05, 0) is 29.0 Å². The van der Waals surface area contributed by atoms with Crippen LogP contribution in [0.25, 0.3) is 10.8 Å². The standard InChI is InChI=1S/C12H10N2O2/c13-11(15)8-5-4-7-2-1-3-9(12(14)16)10(7)6-8/h1-6H,(H2,13,15)(H2,14,16). The molecule has 2 aromatic rings. The molecule has 0 aliphatic heterocycles. The minimum atomic E-state index is -0.527. The highest BCUT2D eigenvalue weighted by molar-refractivity contribution is 6.08. The number of carbonyl (C=O) groups excluding carboxylic acids is 2. The summed E-state index contributed by atoms with van der Waals surface area (Å²) < 4.78 is 0. The molecule has 2 rings (SSSR count). The minimum Gasteiger partial charge on any atom is -0.366 e. The molecule has 0 fully saturated rings. The quantitative estimate of drug-likeness (QED) is 0.782. The molecule has 4 nitrogen and oxygen atoms in total. The lowest BCUT2D eigenvalue weighted by Crippen LogP contribution is -2.13. The van der Waals surface area contributed by atoms with E-state index in [1.54, 1.807) is 30.3 Å². The zero-order chi connectivity index (χ0) is 11.7. The second-order valence-electron chi connectivity index (χ2n) is 3.47. The van der Waals surface area contributed by atoms with Crippen LogP contribution in [-0.2, 0) is 0 Å². The van der Waals surface area contributed by atoms with Gasteiger partial charge in [0.05, 0.1) is 0 Å². The van der Waals surface area contributed by atoms with Gasteiger partial charge in [-0.15, -0.1) is 0 Å². The Labute approximate surface area is 91.8 Å². The third kappa shape index (κ3) is 1.61. The van der Waals surface area contributed by atoms with E-state index in [-0.39, 0.29) is 0 Å². The number of rotatable bonds is 2. The predicted molar refractivity (Wildman–Crippen MR) is 61.0 cm³/mol. The molecule has 0 radical (unpaired) electrons. The second-order valence-corrected chi connectivity index (χ2v) is 3.47. The van der Waals surface area contributed by atoms with Crippen LogP contribution >= 0.6 is 0 Å². The lowest BCUT2D eigenvalue weighted by Gasteiger charge is -2.04. The normalized spacial score (nSPS) is 10.2. The van der Waals surface area contributed by atoms with Crippen LogP contribution in [0.5, 0.6) is 0 Å². The van der Waals surface area contributed by atoms with Gasteiger partial charge in [-0.2, -0.15) is 0 Å². The fraction of sp³-hybridized carbons (Fsp3) is 0. The van der Waals surface area contributed by atoms with Crippen LogP contribution in [0.1, 0.15) is 20.7 Å². The summed E-state index contributed by atoms with van der Waals surface area (Å²) in [4.78, 5) is 22.2. The van der Waals surface area contributed by atoms with Gasteiger partial charge in [-0.25, -0.2) is 0 Å². The highest BCUT2D eigenvalue weighted by atomic mass is 16.1. The van der Waals surface area contributed by atoms with Crippen molar-refractivity contribution in [1.29, 1.82) is 0 Å². The largest absolute Gasteiger partial charge is 0.366 e. The highest BCUT2D eigenvalue weighted by Crippen LogP contribution is 2.20. The Balaban J connectivity index is 2.78. The van der Waals surface area contributed by atoms with E-state index in [2.05, 4.69) is 0 Å². The van der Waals surface area contributed by atoms with Crippen LogP contribution in [0.2, 0.25) is 0 Å². The Morgan fingerprint density at radius 1 is 0.938 bits per heavy atom. The summed E-state index contributed by atoms with van der Waals surface area (Å²) in [6.07, 6.45) is 0. The van der Waals surface area contributed by atoms with Crippen molar-refractivity contribution in [3.63, 3.8) is 0 Å². The molecule has 0 unspecified atom stereocenters. The lowest BCUT2D eigenvalue weighted by molar-refractivity contribution is 0.0991. The van der Waals surface area contributed by atoms with Gasteiger partial charge in [0.2, 0.25) is 11.8 Å². The number of primary amides is 2. The first-order valence-electron chi connectivity index (χ1n) is 4.72. The first-order chi connectivity index (χ1) is 7.59. The Kier molecular flexibility index (Phi) is 2.32. The number of amides is 2. The van der Waals surface area contributed by atoms with E-state index in [1.165, 1.54) is 0 Å². The molecule has 0 aromatic heterocycles. The molecule has 4 N–H and O–H groups in total. The minimum absolute atomic E-state index is 0.362. The first-order valence-corrected chi connectivity index (χ1v) is 4.72. The maximum absolute atomic E-state index is 11.2. The number of hydrogen-bond donors (Lipinski definition) is 2. The Morgan fingerprint density at radius 3 is 2.31 bits per heavy atom. The van der Waals surface area contributed by atoms with Gasteiger partial charge < -0.3 is 11.5 Å². The molecule has 4 heteroatoms. The van der Waals surface area contributed by atoms with E-state index in [1.807, 2.05) is 6.07 Å². The van der Waals surface area contributed by atoms with Crippen molar-refractivity contribution in [2.75, 3.05) is 0 Å². The van der Waals surface area contributed by atoms with Crippen molar-refractivity contribution in [2.24, 2.45) is 11.5 Å². The van der Waals surface area contributed by atoms with E-state index in [0.717, 1.165) is 5.39 Å². The third-order valence-electron chi connectivity index (χ3n) is 2.43. The van der Waals surface area contributed by atoms with Crippen molar-refractivity contribution in [1.82, 2.24) is 0 Å². The van der Waals surface area contributed by atoms with Crippen molar-refractivity contribution in [3.05, 3.63) is 47.5 Å². The van der Waals surface area contributed by atoms with Crippen LogP contribution in [0.3, 0.4) is 0 Å². The van der Waals surface area contributed by atoms with Gasteiger partial charge in [0.15, 0.2) is 0 Å². The maximum Gasteiger partial charge on any atom is 0.249 e. The summed E-state index contributed by atoms with van der Waals surface area (Å²) in [6, 6.07) is 10.1. The summed E-state index contributed by atoms with van der Waals surface area (Å²) in [6.45, 7) is 0. The summed E-state index contributed by atoms with van der Waals surface area (Å²) in [5.41, 5.74) is 11.2. The molecule has 0 saturated carbocycles. The average molecular weight is 214 g/mol. The van der Waals surface area contributed by atoms with Crippen molar-refractivity contribution >= 4 is 22.6 Å². The lowest BCUT2D eigenvalue weighted by atomic mass is 10.0. The van der Waals surface area contributed by atoms with E-state index in [9.17, 15) is 9.59 Å². The van der Waals surface area contributed by atoms with Crippen molar-refractivity contribution < 1.29 is 9.59 Å². The molecule has 2 amide bonds. The molecule has 0 aliphatic carbocycles. The summed E-state index contributed by atoms with van der Waals surface area (Å²) in [5.74, 6) is -1.05. The van der Waals surface area contributed by atoms with E-state index >= 15 is 0 Å². The Morgan fingerprint density at radius 2 is 1.69 bits per heavy atom. The van der Waals surface area contributed by atoms with Crippen LogP contribution in [0, 0.1) is 0 Å². The molecule has 0 aliphatic rings. The van der Waals surface area contributed by atoms with Crippen LogP contribution in [0.15, 0.2) is 36.4 Å². The Bertz CT molecular complexity index is 591. The summed E-state index contributed by atoms with van der Waals surface area (Å²) >= 11 is 0.